The molecule has 116 valence electrons. The van der Waals surface area contributed by atoms with Crippen LogP contribution in [0, 0.1) is 5.92 Å². The SMILES string of the molecule is CCc1ccccc1CNC(=O)N(CC(=O)O)CC(C)C. The van der Waals surface area contributed by atoms with E-state index in [2.05, 4.69) is 12.2 Å². The van der Waals surface area contributed by atoms with Crippen molar-refractivity contribution in [2.45, 2.75) is 33.7 Å². The van der Waals surface area contributed by atoms with E-state index in [0.29, 0.717) is 13.1 Å². The van der Waals surface area contributed by atoms with Crippen LogP contribution in [0.1, 0.15) is 31.9 Å². The van der Waals surface area contributed by atoms with Gasteiger partial charge in [-0.15, -0.1) is 0 Å². The van der Waals surface area contributed by atoms with Gasteiger partial charge in [-0.2, -0.15) is 0 Å². The standard InChI is InChI=1S/C16H24N2O3/c1-4-13-7-5-6-8-14(13)9-17-16(21)18(10-12(2)3)11-15(19)20/h5-8,12H,4,9-11H2,1-3H3,(H,17,21)(H,19,20). The summed E-state index contributed by atoms with van der Waals surface area (Å²) >= 11 is 0. The van der Waals surface area contributed by atoms with Crippen LogP contribution in [-0.2, 0) is 17.8 Å². The Hall–Kier alpha value is -2.04. The van der Waals surface area contributed by atoms with Gasteiger partial charge in [-0.3, -0.25) is 4.79 Å². The number of hydrogen-bond donors (Lipinski definition) is 2. The number of aliphatic carboxylic acids is 1. The van der Waals surface area contributed by atoms with Gasteiger partial charge < -0.3 is 15.3 Å². The lowest BCUT2D eigenvalue weighted by molar-refractivity contribution is -0.137. The minimum absolute atomic E-state index is 0.220. The summed E-state index contributed by atoms with van der Waals surface area (Å²) < 4.78 is 0. The summed E-state index contributed by atoms with van der Waals surface area (Å²) in [5.74, 6) is -0.780. The minimum Gasteiger partial charge on any atom is -0.480 e. The first-order valence-corrected chi connectivity index (χ1v) is 7.25. The second kappa shape index (κ2) is 8.29. The first-order chi connectivity index (χ1) is 9.93. The highest BCUT2D eigenvalue weighted by Crippen LogP contribution is 2.09. The average Bonchev–Trinajstić information content (AvgIpc) is 2.43. The van der Waals surface area contributed by atoms with Crippen LogP contribution >= 0.6 is 0 Å². The average molecular weight is 292 g/mol. The lowest BCUT2D eigenvalue weighted by Gasteiger charge is -2.23. The Morgan fingerprint density at radius 1 is 1.24 bits per heavy atom. The first-order valence-electron chi connectivity index (χ1n) is 7.25. The number of benzene rings is 1. The summed E-state index contributed by atoms with van der Waals surface area (Å²) in [5, 5.41) is 11.7. The Balaban J connectivity index is 2.66. The molecule has 0 unspecified atom stereocenters. The summed E-state index contributed by atoms with van der Waals surface area (Å²) in [6.07, 6.45) is 0.900. The molecule has 0 bridgehead atoms. The van der Waals surface area contributed by atoms with Crippen molar-refractivity contribution < 1.29 is 14.7 Å². The van der Waals surface area contributed by atoms with Crippen LogP contribution in [-0.4, -0.2) is 35.1 Å². The molecule has 0 atom stereocenters. The number of hydrogen-bond acceptors (Lipinski definition) is 2. The maximum absolute atomic E-state index is 12.1. The molecule has 0 radical (unpaired) electrons. The van der Waals surface area contributed by atoms with Gasteiger partial charge in [0.05, 0.1) is 0 Å². The highest BCUT2D eigenvalue weighted by molar-refractivity contribution is 5.80. The number of rotatable bonds is 7. The third-order valence-electron chi connectivity index (χ3n) is 3.13. The second-order valence-electron chi connectivity index (χ2n) is 5.45. The molecule has 0 saturated heterocycles. The van der Waals surface area contributed by atoms with Crippen molar-refractivity contribution in [2.75, 3.05) is 13.1 Å². The van der Waals surface area contributed by atoms with Crippen molar-refractivity contribution in [3.63, 3.8) is 0 Å². The fourth-order valence-corrected chi connectivity index (χ4v) is 2.18. The Labute approximate surface area is 126 Å². The van der Waals surface area contributed by atoms with Crippen molar-refractivity contribution in [1.82, 2.24) is 10.2 Å². The van der Waals surface area contributed by atoms with E-state index in [1.54, 1.807) is 0 Å². The van der Waals surface area contributed by atoms with E-state index in [0.717, 1.165) is 12.0 Å². The number of carboxylic acid groups (broad SMARTS) is 1. The summed E-state index contributed by atoms with van der Waals surface area (Å²) in [6, 6.07) is 7.58. The molecule has 0 spiro atoms. The van der Waals surface area contributed by atoms with E-state index in [4.69, 9.17) is 5.11 Å². The predicted octanol–water partition coefficient (Wildman–Crippen LogP) is 2.50. The normalized spacial score (nSPS) is 10.5. The summed E-state index contributed by atoms with van der Waals surface area (Å²) in [6.45, 7) is 6.53. The predicted molar refractivity (Wildman–Crippen MR) is 82.1 cm³/mol. The summed E-state index contributed by atoms with van der Waals surface area (Å²) in [5.41, 5.74) is 2.25. The second-order valence-corrected chi connectivity index (χ2v) is 5.45. The summed E-state index contributed by atoms with van der Waals surface area (Å²) in [7, 11) is 0. The molecule has 2 amide bonds. The molecule has 0 aliphatic rings. The monoisotopic (exact) mass is 292 g/mol. The highest BCUT2D eigenvalue weighted by Gasteiger charge is 2.17. The molecule has 0 aliphatic heterocycles. The molecule has 0 heterocycles. The fraction of sp³-hybridized carbons (Fsp3) is 0.500. The van der Waals surface area contributed by atoms with Gasteiger partial charge in [-0.05, 0) is 23.5 Å². The van der Waals surface area contributed by atoms with E-state index in [1.807, 2.05) is 38.1 Å². The number of urea groups is 1. The van der Waals surface area contributed by atoms with Crippen LogP contribution in [0.3, 0.4) is 0 Å². The topological polar surface area (TPSA) is 69.6 Å². The molecule has 0 aliphatic carbocycles. The molecular formula is C16H24N2O3. The van der Waals surface area contributed by atoms with Crippen molar-refractivity contribution in [3.05, 3.63) is 35.4 Å². The molecule has 1 aromatic rings. The van der Waals surface area contributed by atoms with Crippen LogP contribution in [0.5, 0.6) is 0 Å². The van der Waals surface area contributed by atoms with Gasteiger partial charge in [-0.25, -0.2) is 4.79 Å². The zero-order chi connectivity index (χ0) is 15.8. The maximum atomic E-state index is 12.1. The van der Waals surface area contributed by atoms with Gasteiger partial charge in [0.1, 0.15) is 6.54 Å². The lowest BCUT2D eigenvalue weighted by Crippen LogP contribution is -2.44. The molecule has 5 heteroatoms. The van der Waals surface area contributed by atoms with E-state index >= 15 is 0 Å². The molecule has 1 rings (SSSR count). The Morgan fingerprint density at radius 3 is 2.38 bits per heavy atom. The number of nitrogens with one attached hydrogen (secondary N) is 1. The van der Waals surface area contributed by atoms with E-state index < -0.39 is 5.97 Å². The van der Waals surface area contributed by atoms with Crippen LogP contribution in [0.4, 0.5) is 4.79 Å². The minimum atomic E-state index is -1.00. The van der Waals surface area contributed by atoms with Gasteiger partial charge in [0.25, 0.3) is 0 Å². The smallest absolute Gasteiger partial charge is 0.323 e. The number of amides is 2. The molecule has 1 aromatic carbocycles. The Kier molecular flexibility index (Phi) is 6.72. The van der Waals surface area contributed by atoms with Crippen molar-refractivity contribution in [2.24, 2.45) is 5.92 Å². The highest BCUT2D eigenvalue weighted by atomic mass is 16.4. The van der Waals surface area contributed by atoms with Crippen molar-refractivity contribution in [1.29, 1.82) is 0 Å². The van der Waals surface area contributed by atoms with Gasteiger partial charge in [0.2, 0.25) is 0 Å². The van der Waals surface area contributed by atoms with Gasteiger partial charge in [0.15, 0.2) is 0 Å². The largest absolute Gasteiger partial charge is 0.480 e. The van der Waals surface area contributed by atoms with Crippen molar-refractivity contribution >= 4 is 12.0 Å². The molecule has 2 N–H and O–H groups in total. The van der Waals surface area contributed by atoms with Crippen LogP contribution in [0.25, 0.3) is 0 Å². The quantitative estimate of drug-likeness (QED) is 0.811. The number of carbonyl (C=O) groups is 2. The molecule has 0 aromatic heterocycles. The van der Waals surface area contributed by atoms with Crippen LogP contribution in [0.15, 0.2) is 24.3 Å². The van der Waals surface area contributed by atoms with E-state index in [-0.39, 0.29) is 18.5 Å². The van der Waals surface area contributed by atoms with Crippen LogP contribution < -0.4 is 5.32 Å². The first kappa shape index (κ1) is 17.0. The fourth-order valence-electron chi connectivity index (χ4n) is 2.18. The van der Waals surface area contributed by atoms with Gasteiger partial charge in [-0.1, -0.05) is 45.0 Å². The lowest BCUT2D eigenvalue weighted by atomic mass is 10.1. The number of aryl methyl sites for hydroxylation is 1. The zero-order valence-corrected chi connectivity index (χ0v) is 12.9. The molecular weight excluding hydrogens is 268 g/mol. The molecule has 0 saturated carbocycles. The molecule has 0 fully saturated rings. The molecule has 5 nitrogen and oxygen atoms in total. The van der Waals surface area contributed by atoms with Crippen molar-refractivity contribution in [3.8, 4) is 0 Å². The summed E-state index contributed by atoms with van der Waals surface area (Å²) in [4.78, 5) is 24.3. The maximum Gasteiger partial charge on any atom is 0.323 e. The third-order valence-corrected chi connectivity index (χ3v) is 3.13. The zero-order valence-electron chi connectivity index (χ0n) is 12.9. The van der Waals surface area contributed by atoms with E-state index in [9.17, 15) is 9.59 Å². The molecule has 21 heavy (non-hydrogen) atoms. The van der Waals surface area contributed by atoms with Gasteiger partial charge >= 0.3 is 12.0 Å². The third kappa shape index (κ3) is 5.85. The number of carbonyl (C=O) groups excluding carboxylic acids is 1. The number of carboxylic acids is 1. The Morgan fingerprint density at radius 2 is 1.86 bits per heavy atom. The number of nitrogens with zero attached hydrogens (tertiary/aromatic N) is 1. The van der Waals surface area contributed by atoms with Gasteiger partial charge in [0, 0.05) is 13.1 Å². The Bertz CT molecular complexity index is 486. The van der Waals surface area contributed by atoms with E-state index in [1.165, 1.54) is 10.5 Å². The van der Waals surface area contributed by atoms with Crippen LogP contribution in [0.2, 0.25) is 0 Å².